The topological polar surface area (TPSA) is 34.6 Å². The Morgan fingerprint density at radius 3 is 2.61 bits per heavy atom. The van der Waals surface area contributed by atoms with Gasteiger partial charge in [-0.1, -0.05) is 24.6 Å². The van der Waals surface area contributed by atoms with E-state index in [1.165, 1.54) is 30.9 Å². The Morgan fingerprint density at radius 2 is 1.83 bits per heavy atom. The molecule has 36 heavy (non-hydrogen) atoms. The molecule has 0 amide bonds. The molecule has 4 nitrogen and oxygen atoms in total. The highest BCUT2D eigenvalue weighted by atomic mass is 32.2. The van der Waals surface area contributed by atoms with Crippen molar-refractivity contribution < 1.29 is 22.6 Å². The fourth-order valence-corrected chi connectivity index (χ4v) is 5.58. The summed E-state index contributed by atoms with van der Waals surface area (Å²) in [5, 5.41) is 0.760. The van der Waals surface area contributed by atoms with Gasteiger partial charge in [-0.2, -0.15) is 13.2 Å². The second-order valence-electron chi connectivity index (χ2n) is 9.08. The molecule has 0 aliphatic carbocycles. The molecular formula is C28H33F3N2O2S. The van der Waals surface area contributed by atoms with E-state index in [1.807, 2.05) is 18.2 Å². The average molecular weight is 519 g/mol. The lowest BCUT2D eigenvalue weighted by Crippen LogP contribution is -2.29. The molecule has 1 saturated heterocycles. The zero-order valence-electron chi connectivity index (χ0n) is 20.7. The number of para-hydroxylation sites is 1. The molecule has 0 atom stereocenters. The molecule has 194 valence electrons. The molecule has 0 N–H and O–H groups in total. The minimum atomic E-state index is -4.36. The van der Waals surface area contributed by atoms with Crippen molar-refractivity contribution in [1.82, 2.24) is 9.88 Å². The zero-order chi connectivity index (χ0) is 25.4. The summed E-state index contributed by atoms with van der Waals surface area (Å²) >= 11 is 1.66. The highest BCUT2D eigenvalue weighted by Crippen LogP contribution is 2.35. The van der Waals surface area contributed by atoms with Crippen molar-refractivity contribution in [1.29, 1.82) is 0 Å². The summed E-state index contributed by atoms with van der Waals surface area (Å²) in [7, 11) is 1.68. The van der Waals surface area contributed by atoms with E-state index >= 15 is 0 Å². The van der Waals surface area contributed by atoms with Crippen LogP contribution in [0.5, 0.6) is 11.5 Å². The third-order valence-corrected chi connectivity index (χ3v) is 7.61. The van der Waals surface area contributed by atoms with Gasteiger partial charge >= 0.3 is 6.18 Å². The van der Waals surface area contributed by atoms with E-state index in [2.05, 4.69) is 16.0 Å². The van der Waals surface area contributed by atoms with E-state index in [1.54, 1.807) is 25.1 Å². The van der Waals surface area contributed by atoms with Crippen LogP contribution in [0.15, 0.2) is 53.6 Å². The maximum atomic E-state index is 13.0. The van der Waals surface area contributed by atoms with Crippen LogP contribution in [0.4, 0.5) is 13.2 Å². The van der Waals surface area contributed by atoms with Crippen LogP contribution in [0.3, 0.4) is 0 Å². The number of benzene rings is 2. The van der Waals surface area contributed by atoms with Crippen LogP contribution < -0.4 is 9.47 Å². The van der Waals surface area contributed by atoms with Gasteiger partial charge in [0.1, 0.15) is 0 Å². The Bertz CT molecular complexity index is 1130. The molecule has 1 aliphatic heterocycles. The number of alkyl halides is 3. The first-order valence-corrected chi connectivity index (χ1v) is 13.5. The number of thioether (sulfide) groups is 1. The van der Waals surface area contributed by atoms with E-state index in [0.717, 1.165) is 78.6 Å². The zero-order valence-corrected chi connectivity index (χ0v) is 21.5. The fourth-order valence-electron chi connectivity index (χ4n) is 4.53. The summed E-state index contributed by atoms with van der Waals surface area (Å²) in [5.74, 6) is 2.51. The third kappa shape index (κ3) is 7.07. The molecule has 8 heteroatoms. The second kappa shape index (κ2) is 12.7. The van der Waals surface area contributed by atoms with Gasteiger partial charge in [-0.05, 0) is 75.2 Å². The van der Waals surface area contributed by atoms with Gasteiger partial charge in [0, 0.05) is 28.6 Å². The molecule has 1 aliphatic rings. The summed E-state index contributed by atoms with van der Waals surface area (Å²) in [6, 6.07) is 11.7. The number of nitrogens with zero attached hydrogens (tertiary/aromatic N) is 2. The number of fused-ring (bicyclic) bond motifs is 1. The van der Waals surface area contributed by atoms with Crippen LogP contribution in [0.2, 0.25) is 0 Å². The van der Waals surface area contributed by atoms with Gasteiger partial charge in [-0.3, -0.25) is 9.88 Å². The minimum Gasteiger partial charge on any atom is -0.493 e. The molecule has 0 saturated carbocycles. The van der Waals surface area contributed by atoms with Crippen LogP contribution in [-0.2, 0) is 12.7 Å². The van der Waals surface area contributed by atoms with E-state index < -0.39 is 11.7 Å². The first-order chi connectivity index (χ1) is 17.5. The molecule has 1 fully saturated rings. The summed E-state index contributed by atoms with van der Waals surface area (Å²) < 4.78 is 50.7. The number of rotatable bonds is 11. The number of halogens is 3. The molecule has 4 rings (SSSR count). The van der Waals surface area contributed by atoms with Crippen LogP contribution in [-0.4, -0.2) is 42.4 Å². The lowest BCUT2D eigenvalue weighted by Gasteiger charge is -2.27. The number of piperidine rings is 1. The number of methoxy groups -OCH3 is 1. The Balaban J connectivity index is 1.25. The molecule has 0 bridgehead atoms. The monoisotopic (exact) mass is 518 g/mol. The van der Waals surface area contributed by atoms with Crippen molar-refractivity contribution >= 4 is 22.7 Å². The molecule has 2 heterocycles. The van der Waals surface area contributed by atoms with Gasteiger partial charge in [0.15, 0.2) is 11.5 Å². The van der Waals surface area contributed by atoms with E-state index in [0.29, 0.717) is 12.1 Å². The van der Waals surface area contributed by atoms with Crippen LogP contribution in [0.25, 0.3) is 10.9 Å². The Labute approximate surface area is 215 Å². The SMILES string of the molecule is COc1cccc(CN2CCCCC2)c1OCCCCCSc1ccnc2cc(C(F)(F)F)ccc12. The number of pyridine rings is 1. The summed E-state index contributed by atoms with van der Waals surface area (Å²) in [6.45, 7) is 3.76. The van der Waals surface area contributed by atoms with Gasteiger partial charge in [0.25, 0.3) is 0 Å². The van der Waals surface area contributed by atoms with Crippen molar-refractivity contribution in [2.24, 2.45) is 0 Å². The molecule has 1 aromatic heterocycles. The predicted molar refractivity (Wildman–Crippen MR) is 139 cm³/mol. The van der Waals surface area contributed by atoms with Crippen molar-refractivity contribution in [3.63, 3.8) is 0 Å². The maximum absolute atomic E-state index is 13.0. The van der Waals surface area contributed by atoms with Crippen molar-refractivity contribution in [3.8, 4) is 11.5 Å². The number of hydrogen-bond donors (Lipinski definition) is 0. The summed E-state index contributed by atoms with van der Waals surface area (Å²) in [5.41, 5.74) is 0.879. The molecule has 0 radical (unpaired) electrons. The predicted octanol–water partition coefficient (Wildman–Crippen LogP) is 7.59. The molecule has 0 unspecified atom stereocenters. The summed E-state index contributed by atoms with van der Waals surface area (Å²) in [4.78, 5) is 7.57. The second-order valence-corrected chi connectivity index (χ2v) is 10.2. The van der Waals surface area contributed by atoms with Gasteiger partial charge < -0.3 is 9.47 Å². The lowest BCUT2D eigenvalue weighted by molar-refractivity contribution is -0.137. The molecule has 0 spiro atoms. The van der Waals surface area contributed by atoms with Crippen LogP contribution in [0, 0.1) is 0 Å². The average Bonchev–Trinajstić information content (AvgIpc) is 2.88. The third-order valence-electron chi connectivity index (χ3n) is 6.45. The maximum Gasteiger partial charge on any atom is 0.416 e. The Morgan fingerprint density at radius 1 is 1.00 bits per heavy atom. The van der Waals surface area contributed by atoms with Crippen LogP contribution >= 0.6 is 11.8 Å². The first-order valence-electron chi connectivity index (χ1n) is 12.6. The van der Waals surface area contributed by atoms with Crippen LogP contribution in [0.1, 0.15) is 49.7 Å². The number of ether oxygens (including phenoxy) is 2. The Kier molecular flexibility index (Phi) is 9.37. The van der Waals surface area contributed by atoms with E-state index in [9.17, 15) is 13.2 Å². The van der Waals surface area contributed by atoms with Gasteiger partial charge in [-0.15, -0.1) is 11.8 Å². The van der Waals surface area contributed by atoms with E-state index in [-0.39, 0.29) is 0 Å². The van der Waals surface area contributed by atoms with Crippen molar-refractivity contribution in [2.75, 3.05) is 32.6 Å². The molecular weight excluding hydrogens is 485 g/mol. The number of hydrogen-bond acceptors (Lipinski definition) is 5. The Hall–Kier alpha value is -2.45. The normalized spacial score (nSPS) is 14.8. The van der Waals surface area contributed by atoms with Crippen molar-refractivity contribution in [2.45, 2.75) is 56.1 Å². The van der Waals surface area contributed by atoms with E-state index in [4.69, 9.17) is 9.47 Å². The number of unbranched alkanes of at least 4 members (excludes halogenated alkanes) is 2. The summed E-state index contributed by atoms with van der Waals surface area (Å²) in [6.07, 6.45) is 3.95. The molecule has 2 aromatic carbocycles. The standard InChI is InChI=1S/C28H33F3N2O2S/c1-34-25-10-8-9-21(20-33-15-4-2-5-16-33)27(25)35-17-6-3-7-18-36-26-13-14-32-24-19-22(28(29,30)31)11-12-23(24)26/h8-14,19H,2-7,15-18,20H2,1H3. The highest BCUT2D eigenvalue weighted by molar-refractivity contribution is 7.99. The van der Waals surface area contributed by atoms with Crippen molar-refractivity contribution in [3.05, 3.63) is 59.8 Å². The first kappa shape index (κ1) is 26.6. The number of aromatic nitrogens is 1. The van der Waals surface area contributed by atoms with Gasteiger partial charge in [-0.25, -0.2) is 0 Å². The smallest absolute Gasteiger partial charge is 0.416 e. The molecule has 3 aromatic rings. The highest BCUT2D eigenvalue weighted by Gasteiger charge is 2.30. The fraction of sp³-hybridized carbons (Fsp3) is 0.464. The largest absolute Gasteiger partial charge is 0.493 e. The lowest BCUT2D eigenvalue weighted by atomic mass is 10.1. The van der Waals surface area contributed by atoms with Gasteiger partial charge in [0.2, 0.25) is 0 Å². The quantitative estimate of drug-likeness (QED) is 0.193. The van der Waals surface area contributed by atoms with Gasteiger partial charge in [0.05, 0.1) is 24.8 Å². The minimum absolute atomic E-state index is 0.375. The number of likely N-dealkylation sites (tertiary alicyclic amines) is 1.